The molecule has 0 saturated heterocycles. The molecule has 17 heavy (non-hydrogen) atoms. The van der Waals surface area contributed by atoms with Crippen molar-refractivity contribution in [2.24, 2.45) is 5.73 Å². The second-order valence-electron chi connectivity index (χ2n) is 5.58. The Morgan fingerprint density at radius 2 is 1.88 bits per heavy atom. The van der Waals surface area contributed by atoms with E-state index in [0.717, 1.165) is 24.5 Å². The Hall–Kier alpha value is -0.900. The zero-order chi connectivity index (χ0) is 12.5. The van der Waals surface area contributed by atoms with E-state index in [2.05, 4.69) is 28.6 Å². The molecule has 1 heterocycles. The second-order valence-corrected chi connectivity index (χ2v) is 5.58. The quantitative estimate of drug-likeness (QED) is 0.876. The van der Waals surface area contributed by atoms with Crippen molar-refractivity contribution < 1.29 is 0 Å². The molecular weight excluding hydrogens is 212 g/mol. The molecule has 1 saturated carbocycles. The fraction of sp³-hybridized carbons (Fsp3) is 0.846. The zero-order valence-corrected chi connectivity index (χ0v) is 11.2. The fourth-order valence-corrected chi connectivity index (χ4v) is 3.10. The van der Waals surface area contributed by atoms with Crippen molar-refractivity contribution >= 4 is 0 Å². The first-order chi connectivity index (χ1) is 8.10. The summed E-state index contributed by atoms with van der Waals surface area (Å²) in [6.45, 7) is 7.10. The molecule has 0 spiro atoms. The van der Waals surface area contributed by atoms with E-state index >= 15 is 0 Å². The van der Waals surface area contributed by atoms with Crippen molar-refractivity contribution in [1.29, 1.82) is 0 Å². The molecule has 1 aliphatic carbocycles. The third-order valence-electron chi connectivity index (χ3n) is 4.06. The molecule has 1 aromatic rings. The molecule has 4 heteroatoms. The highest BCUT2D eigenvalue weighted by molar-refractivity contribution is 5.13. The van der Waals surface area contributed by atoms with Crippen LogP contribution in [0.4, 0.5) is 0 Å². The molecule has 0 aliphatic heterocycles. The van der Waals surface area contributed by atoms with Crippen LogP contribution >= 0.6 is 0 Å². The summed E-state index contributed by atoms with van der Waals surface area (Å²) in [4.78, 5) is 0. The molecule has 4 nitrogen and oxygen atoms in total. The van der Waals surface area contributed by atoms with Crippen LogP contribution in [0.5, 0.6) is 0 Å². The molecular formula is C13H24N4. The SMILES string of the molecule is Cc1nnc(C2(CN)CCCCC2)n1C(C)C. The Balaban J connectivity index is 2.43. The van der Waals surface area contributed by atoms with Crippen LogP contribution in [0.2, 0.25) is 0 Å². The summed E-state index contributed by atoms with van der Waals surface area (Å²) in [7, 11) is 0. The van der Waals surface area contributed by atoms with Gasteiger partial charge in [0.2, 0.25) is 0 Å². The Bertz CT molecular complexity index is 375. The van der Waals surface area contributed by atoms with Crippen LogP contribution in [0.25, 0.3) is 0 Å². The van der Waals surface area contributed by atoms with Crippen LogP contribution in [0.15, 0.2) is 0 Å². The van der Waals surface area contributed by atoms with Gasteiger partial charge in [-0.3, -0.25) is 0 Å². The molecule has 0 radical (unpaired) electrons. The summed E-state index contributed by atoms with van der Waals surface area (Å²) < 4.78 is 2.26. The van der Waals surface area contributed by atoms with Gasteiger partial charge < -0.3 is 10.3 Å². The van der Waals surface area contributed by atoms with E-state index in [4.69, 9.17) is 5.73 Å². The first-order valence-corrected chi connectivity index (χ1v) is 6.73. The minimum atomic E-state index is 0.0732. The van der Waals surface area contributed by atoms with E-state index in [9.17, 15) is 0 Å². The van der Waals surface area contributed by atoms with Gasteiger partial charge in [0, 0.05) is 18.0 Å². The lowest BCUT2D eigenvalue weighted by Crippen LogP contribution is -2.40. The zero-order valence-electron chi connectivity index (χ0n) is 11.2. The Kier molecular flexibility index (Phi) is 3.52. The van der Waals surface area contributed by atoms with Crippen molar-refractivity contribution in [3.8, 4) is 0 Å². The fourth-order valence-electron chi connectivity index (χ4n) is 3.10. The maximum absolute atomic E-state index is 6.07. The third-order valence-corrected chi connectivity index (χ3v) is 4.06. The van der Waals surface area contributed by atoms with Gasteiger partial charge in [0.05, 0.1) is 0 Å². The number of hydrogen-bond donors (Lipinski definition) is 1. The molecule has 1 aromatic heterocycles. The summed E-state index contributed by atoms with van der Waals surface area (Å²) >= 11 is 0. The van der Waals surface area contributed by atoms with E-state index < -0.39 is 0 Å². The second kappa shape index (κ2) is 4.77. The topological polar surface area (TPSA) is 56.7 Å². The maximum Gasteiger partial charge on any atom is 0.140 e. The third kappa shape index (κ3) is 2.10. The number of hydrogen-bond acceptors (Lipinski definition) is 3. The summed E-state index contributed by atoms with van der Waals surface area (Å²) in [5, 5.41) is 8.70. The van der Waals surface area contributed by atoms with E-state index in [-0.39, 0.29) is 5.41 Å². The number of aromatic nitrogens is 3. The van der Waals surface area contributed by atoms with E-state index in [1.807, 2.05) is 6.92 Å². The summed E-state index contributed by atoms with van der Waals surface area (Å²) in [5.74, 6) is 2.13. The highest BCUT2D eigenvalue weighted by Gasteiger charge is 2.37. The van der Waals surface area contributed by atoms with Gasteiger partial charge in [0.25, 0.3) is 0 Å². The minimum Gasteiger partial charge on any atom is -0.329 e. The van der Waals surface area contributed by atoms with E-state index in [1.54, 1.807) is 0 Å². The summed E-state index contributed by atoms with van der Waals surface area (Å²) in [6.07, 6.45) is 6.18. The number of nitrogens with zero attached hydrogens (tertiary/aromatic N) is 3. The molecule has 1 aliphatic rings. The first kappa shape index (κ1) is 12.6. The molecule has 96 valence electrons. The number of nitrogens with two attached hydrogens (primary N) is 1. The molecule has 0 aromatic carbocycles. The van der Waals surface area contributed by atoms with Gasteiger partial charge in [-0.25, -0.2) is 0 Å². The molecule has 0 atom stereocenters. The molecule has 0 unspecified atom stereocenters. The largest absolute Gasteiger partial charge is 0.329 e. The molecule has 2 rings (SSSR count). The van der Waals surface area contributed by atoms with Crippen molar-refractivity contribution in [1.82, 2.24) is 14.8 Å². The van der Waals surface area contributed by atoms with Gasteiger partial charge in [-0.2, -0.15) is 0 Å². The van der Waals surface area contributed by atoms with E-state index in [0.29, 0.717) is 12.6 Å². The standard InChI is InChI=1S/C13H24N4/c1-10(2)17-11(3)15-16-12(17)13(9-14)7-5-4-6-8-13/h10H,4-9,14H2,1-3H3. The van der Waals surface area contributed by atoms with Crippen molar-refractivity contribution in [2.75, 3.05) is 6.54 Å². The van der Waals surface area contributed by atoms with Gasteiger partial charge in [-0.05, 0) is 33.6 Å². The average molecular weight is 236 g/mol. The van der Waals surface area contributed by atoms with Crippen LogP contribution < -0.4 is 5.73 Å². The van der Waals surface area contributed by atoms with Crippen LogP contribution in [-0.2, 0) is 5.41 Å². The van der Waals surface area contributed by atoms with Gasteiger partial charge in [-0.1, -0.05) is 19.3 Å². The molecule has 1 fully saturated rings. The van der Waals surface area contributed by atoms with Crippen LogP contribution in [-0.4, -0.2) is 21.3 Å². The minimum absolute atomic E-state index is 0.0732. The number of aryl methyl sites for hydroxylation is 1. The number of rotatable bonds is 3. The Labute approximate surface area is 104 Å². The smallest absolute Gasteiger partial charge is 0.140 e. The van der Waals surface area contributed by atoms with Crippen molar-refractivity contribution in [2.45, 2.75) is 64.3 Å². The predicted octanol–water partition coefficient (Wildman–Crippen LogP) is 2.33. The van der Waals surface area contributed by atoms with Crippen LogP contribution in [0.3, 0.4) is 0 Å². The maximum atomic E-state index is 6.07. The molecule has 2 N–H and O–H groups in total. The predicted molar refractivity (Wildman–Crippen MR) is 69.0 cm³/mol. The van der Waals surface area contributed by atoms with Gasteiger partial charge in [0.1, 0.15) is 11.6 Å². The van der Waals surface area contributed by atoms with Crippen LogP contribution in [0.1, 0.15) is 63.6 Å². The molecule has 0 amide bonds. The van der Waals surface area contributed by atoms with E-state index in [1.165, 1.54) is 19.3 Å². The summed E-state index contributed by atoms with van der Waals surface area (Å²) in [5.41, 5.74) is 6.14. The highest BCUT2D eigenvalue weighted by atomic mass is 15.3. The Morgan fingerprint density at radius 1 is 1.24 bits per heavy atom. The van der Waals surface area contributed by atoms with Gasteiger partial charge in [-0.15, -0.1) is 10.2 Å². The van der Waals surface area contributed by atoms with Crippen molar-refractivity contribution in [3.63, 3.8) is 0 Å². The monoisotopic (exact) mass is 236 g/mol. The van der Waals surface area contributed by atoms with Crippen LogP contribution in [0, 0.1) is 6.92 Å². The lowest BCUT2D eigenvalue weighted by Gasteiger charge is -2.36. The van der Waals surface area contributed by atoms with Gasteiger partial charge >= 0.3 is 0 Å². The average Bonchev–Trinajstić information content (AvgIpc) is 2.72. The Morgan fingerprint density at radius 3 is 2.41 bits per heavy atom. The lowest BCUT2D eigenvalue weighted by molar-refractivity contribution is 0.271. The lowest BCUT2D eigenvalue weighted by atomic mass is 9.73. The normalized spacial score (nSPS) is 19.8. The van der Waals surface area contributed by atoms with Gasteiger partial charge in [0.15, 0.2) is 0 Å². The first-order valence-electron chi connectivity index (χ1n) is 6.73. The van der Waals surface area contributed by atoms with Crippen molar-refractivity contribution in [3.05, 3.63) is 11.6 Å². The summed E-state index contributed by atoms with van der Waals surface area (Å²) in [6, 6.07) is 0.408. The highest BCUT2D eigenvalue weighted by Crippen LogP contribution is 2.38. The molecule has 0 bridgehead atoms.